The minimum Gasteiger partial charge on any atom is -0.497 e. The van der Waals surface area contributed by atoms with Crippen LogP contribution in [0.1, 0.15) is 17.6 Å². The molecule has 23 heavy (non-hydrogen) atoms. The summed E-state index contributed by atoms with van der Waals surface area (Å²) in [5.74, 6) is 0.784. The second kappa shape index (κ2) is 6.12. The van der Waals surface area contributed by atoms with Gasteiger partial charge in [0.25, 0.3) is 5.56 Å². The molecule has 6 heteroatoms. The highest BCUT2D eigenvalue weighted by molar-refractivity contribution is 9.09. The molecule has 0 saturated heterocycles. The van der Waals surface area contributed by atoms with Gasteiger partial charge in [0.15, 0.2) is 0 Å². The van der Waals surface area contributed by atoms with Crippen LogP contribution >= 0.6 is 15.9 Å². The predicted molar refractivity (Wildman–Crippen MR) is 91.2 cm³/mol. The van der Waals surface area contributed by atoms with Crippen molar-refractivity contribution in [3.8, 4) is 11.4 Å². The van der Waals surface area contributed by atoms with Gasteiger partial charge >= 0.3 is 0 Å². The maximum absolute atomic E-state index is 13.2. The highest BCUT2D eigenvalue weighted by atomic mass is 79.9. The van der Waals surface area contributed by atoms with E-state index in [9.17, 15) is 9.18 Å². The summed E-state index contributed by atoms with van der Waals surface area (Å²) in [5, 5.41) is 0.450. The minimum atomic E-state index is -0.356. The topological polar surface area (TPSA) is 44.1 Å². The normalized spacial score (nSPS) is 12.3. The Morgan fingerprint density at radius 2 is 1.91 bits per heavy atom. The first-order chi connectivity index (χ1) is 11.0. The maximum atomic E-state index is 13.2. The summed E-state index contributed by atoms with van der Waals surface area (Å²) in [7, 11) is 1.54. The van der Waals surface area contributed by atoms with Crippen LogP contribution in [0.15, 0.2) is 47.3 Å². The van der Waals surface area contributed by atoms with Gasteiger partial charge in [0.2, 0.25) is 0 Å². The van der Waals surface area contributed by atoms with E-state index in [4.69, 9.17) is 4.74 Å². The van der Waals surface area contributed by atoms with Gasteiger partial charge in [-0.1, -0.05) is 15.9 Å². The monoisotopic (exact) mass is 376 g/mol. The Bertz CT molecular complexity index is 920. The van der Waals surface area contributed by atoms with E-state index in [0.717, 1.165) is 0 Å². The molecule has 0 N–H and O–H groups in total. The number of hydrogen-bond donors (Lipinski definition) is 0. The summed E-state index contributed by atoms with van der Waals surface area (Å²) < 4.78 is 19.9. The lowest BCUT2D eigenvalue weighted by Gasteiger charge is -2.15. The predicted octanol–water partition coefficient (Wildman–Crippen LogP) is 3.99. The Morgan fingerprint density at radius 1 is 1.22 bits per heavy atom. The summed E-state index contributed by atoms with van der Waals surface area (Å²) in [6.45, 7) is 1.89. The number of nitrogens with zero attached hydrogens (tertiary/aromatic N) is 2. The van der Waals surface area contributed by atoms with Crippen LogP contribution in [-0.2, 0) is 0 Å². The molecule has 0 bridgehead atoms. The molecule has 0 spiro atoms. The Labute approximate surface area is 140 Å². The number of methoxy groups -OCH3 is 1. The number of fused-ring (bicyclic) bond motifs is 1. The molecule has 0 saturated carbocycles. The Balaban J connectivity index is 2.37. The molecule has 0 aliphatic rings. The summed E-state index contributed by atoms with van der Waals surface area (Å²) in [4.78, 5) is 17.4. The van der Waals surface area contributed by atoms with Crippen LogP contribution < -0.4 is 10.3 Å². The zero-order valence-corrected chi connectivity index (χ0v) is 14.2. The summed E-state index contributed by atoms with van der Waals surface area (Å²) in [6.07, 6.45) is 0. The van der Waals surface area contributed by atoms with Crippen molar-refractivity contribution in [2.45, 2.75) is 11.8 Å². The number of aromatic nitrogens is 2. The standard InChI is InChI=1S/C17H14BrFN2O2/c1-10(18)16-20-15-8-7-13(23-2)9-14(15)17(22)21(16)12-5-3-11(19)4-6-12/h3-10H,1-2H3. The molecule has 1 unspecified atom stereocenters. The first-order valence-corrected chi connectivity index (χ1v) is 7.93. The van der Waals surface area contributed by atoms with Gasteiger partial charge in [-0.3, -0.25) is 9.36 Å². The van der Waals surface area contributed by atoms with Crippen molar-refractivity contribution in [1.82, 2.24) is 9.55 Å². The van der Waals surface area contributed by atoms with E-state index in [-0.39, 0.29) is 16.2 Å². The summed E-state index contributed by atoms with van der Waals surface area (Å²) in [5.41, 5.74) is 0.937. The molecular weight excluding hydrogens is 363 g/mol. The first-order valence-electron chi connectivity index (χ1n) is 7.02. The molecule has 118 valence electrons. The molecule has 3 rings (SSSR count). The van der Waals surface area contributed by atoms with E-state index in [0.29, 0.717) is 28.2 Å². The highest BCUT2D eigenvalue weighted by Gasteiger charge is 2.16. The maximum Gasteiger partial charge on any atom is 0.266 e. The number of hydrogen-bond acceptors (Lipinski definition) is 3. The molecule has 1 atom stereocenters. The Morgan fingerprint density at radius 3 is 2.52 bits per heavy atom. The number of rotatable bonds is 3. The second-order valence-electron chi connectivity index (χ2n) is 5.09. The number of halogens is 2. The van der Waals surface area contributed by atoms with Gasteiger partial charge in [-0.05, 0) is 49.4 Å². The molecule has 1 aromatic heterocycles. The quantitative estimate of drug-likeness (QED) is 0.649. The lowest BCUT2D eigenvalue weighted by Crippen LogP contribution is -2.24. The largest absolute Gasteiger partial charge is 0.497 e. The molecule has 0 radical (unpaired) electrons. The van der Waals surface area contributed by atoms with Crippen molar-refractivity contribution in [1.29, 1.82) is 0 Å². The molecular formula is C17H14BrFN2O2. The third-order valence-corrected chi connectivity index (χ3v) is 3.95. The van der Waals surface area contributed by atoms with E-state index in [1.54, 1.807) is 37.4 Å². The average molecular weight is 377 g/mol. The Kier molecular flexibility index (Phi) is 4.17. The van der Waals surface area contributed by atoms with Gasteiger partial charge in [-0.25, -0.2) is 9.37 Å². The van der Waals surface area contributed by atoms with Crippen LogP contribution in [0.3, 0.4) is 0 Å². The fraction of sp³-hybridized carbons (Fsp3) is 0.176. The molecule has 4 nitrogen and oxygen atoms in total. The molecule has 0 fully saturated rings. The molecule has 1 heterocycles. The smallest absolute Gasteiger partial charge is 0.266 e. The van der Waals surface area contributed by atoms with Crippen LogP contribution in [0.4, 0.5) is 4.39 Å². The van der Waals surface area contributed by atoms with Crippen LogP contribution in [-0.4, -0.2) is 16.7 Å². The van der Waals surface area contributed by atoms with Crippen LogP contribution in [0, 0.1) is 5.82 Å². The highest BCUT2D eigenvalue weighted by Crippen LogP contribution is 2.25. The van der Waals surface area contributed by atoms with Gasteiger partial charge in [0.1, 0.15) is 17.4 Å². The fourth-order valence-electron chi connectivity index (χ4n) is 2.42. The van der Waals surface area contributed by atoms with E-state index in [1.165, 1.54) is 16.7 Å². The lowest BCUT2D eigenvalue weighted by atomic mass is 10.2. The number of benzene rings is 2. The van der Waals surface area contributed by atoms with Crippen molar-refractivity contribution in [2.75, 3.05) is 7.11 Å². The zero-order chi connectivity index (χ0) is 16.6. The lowest BCUT2D eigenvalue weighted by molar-refractivity contribution is 0.415. The van der Waals surface area contributed by atoms with E-state index < -0.39 is 0 Å². The molecule has 2 aromatic carbocycles. The second-order valence-corrected chi connectivity index (χ2v) is 6.46. The number of alkyl halides is 1. The van der Waals surface area contributed by atoms with Crippen molar-refractivity contribution < 1.29 is 9.13 Å². The number of ether oxygens (including phenoxy) is 1. The molecule has 0 amide bonds. The first kappa shape index (κ1) is 15.7. The average Bonchev–Trinajstić information content (AvgIpc) is 2.55. The van der Waals surface area contributed by atoms with Crippen molar-refractivity contribution in [3.63, 3.8) is 0 Å². The SMILES string of the molecule is COc1ccc2nc(C(C)Br)n(-c3ccc(F)cc3)c(=O)c2c1. The zero-order valence-electron chi connectivity index (χ0n) is 12.6. The Hall–Kier alpha value is -2.21. The van der Waals surface area contributed by atoms with E-state index in [1.807, 2.05) is 6.92 Å². The van der Waals surface area contributed by atoms with Crippen LogP contribution in [0.5, 0.6) is 5.75 Å². The molecule has 0 aliphatic carbocycles. The molecule has 3 aromatic rings. The molecule has 0 aliphatic heterocycles. The van der Waals surface area contributed by atoms with Crippen LogP contribution in [0.25, 0.3) is 16.6 Å². The third kappa shape index (κ3) is 2.86. The van der Waals surface area contributed by atoms with Crippen molar-refractivity contribution >= 4 is 26.8 Å². The van der Waals surface area contributed by atoms with Crippen molar-refractivity contribution in [2.24, 2.45) is 0 Å². The van der Waals surface area contributed by atoms with Gasteiger partial charge in [-0.15, -0.1) is 0 Å². The van der Waals surface area contributed by atoms with Gasteiger partial charge < -0.3 is 4.74 Å². The fourth-order valence-corrected chi connectivity index (χ4v) is 2.72. The van der Waals surface area contributed by atoms with Gasteiger partial charge in [-0.2, -0.15) is 0 Å². The van der Waals surface area contributed by atoms with Gasteiger partial charge in [0.05, 0.1) is 28.5 Å². The summed E-state index contributed by atoms with van der Waals surface area (Å²) >= 11 is 3.47. The van der Waals surface area contributed by atoms with Gasteiger partial charge in [0, 0.05) is 0 Å². The van der Waals surface area contributed by atoms with Crippen LogP contribution in [0.2, 0.25) is 0 Å². The minimum absolute atomic E-state index is 0.147. The van der Waals surface area contributed by atoms with E-state index in [2.05, 4.69) is 20.9 Å². The van der Waals surface area contributed by atoms with E-state index >= 15 is 0 Å². The van der Waals surface area contributed by atoms with Crippen molar-refractivity contribution in [3.05, 3.63) is 64.5 Å². The third-order valence-electron chi connectivity index (χ3n) is 3.54. The summed E-state index contributed by atoms with van der Waals surface area (Å²) in [6, 6.07) is 10.9.